The van der Waals surface area contributed by atoms with E-state index in [-0.39, 0.29) is 16.5 Å². The molecule has 0 unspecified atom stereocenters. The van der Waals surface area contributed by atoms with E-state index < -0.39 is 11.0 Å². The number of aromatic amines is 1. The summed E-state index contributed by atoms with van der Waals surface area (Å²) < 4.78 is 0. The van der Waals surface area contributed by atoms with Crippen molar-refractivity contribution in [3.63, 3.8) is 0 Å². The molecule has 0 saturated heterocycles. The first-order valence-corrected chi connectivity index (χ1v) is 5.63. The van der Waals surface area contributed by atoms with E-state index in [0.29, 0.717) is 24.1 Å². The number of rotatable bonds is 0. The van der Waals surface area contributed by atoms with Gasteiger partial charge < -0.3 is 10.1 Å². The molecule has 86 valence electrons. The summed E-state index contributed by atoms with van der Waals surface area (Å²) in [6.45, 7) is 0. The lowest BCUT2D eigenvalue weighted by Crippen LogP contribution is -2.29. The Morgan fingerprint density at radius 2 is 1.88 bits per heavy atom. The maximum atomic E-state index is 11.3. The molecule has 6 heteroatoms. The Morgan fingerprint density at radius 1 is 1.25 bits per heavy atom. The van der Waals surface area contributed by atoms with Crippen LogP contribution < -0.4 is 11.0 Å². The van der Waals surface area contributed by atoms with E-state index in [9.17, 15) is 14.7 Å². The number of halogens is 2. The molecule has 1 aromatic heterocycles. The zero-order valence-corrected chi connectivity index (χ0v) is 9.68. The van der Waals surface area contributed by atoms with Gasteiger partial charge in [0.15, 0.2) is 0 Å². The van der Waals surface area contributed by atoms with Gasteiger partial charge in [-0.25, -0.2) is 0 Å². The summed E-state index contributed by atoms with van der Waals surface area (Å²) in [6.07, 6.45) is 0.670. The second-order valence-electron chi connectivity index (χ2n) is 3.75. The van der Waals surface area contributed by atoms with Gasteiger partial charge in [0, 0.05) is 23.7 Å². The highest BCUT2D eigenvalue weighted by Gasteiger charge is 2.27. The van der Waals surface area contributed by atoms with Gasteiger partial charge in [-0.15, -0.1) is 23.2 Å². The van der Waals surface area contributed by atoms with Crippen molar-refractivity contribution < 1.29 is 5.11 Å². The van der Waals surface area contributed by atoms with E-state index in [1.54, 1.807) is 0 Å². The fourth-order valence-electron chi connectivity index (χ4n) is 1.75. The van der Waals surface area contributed by atoms with Crippen LogP contribution in [0, 0.1) is 0 Å². The molecule has 0 aliphatic heterocycles. The van der Waals surface area contributed by atoms with E-state index in [1.165, 1.54) is 0 Å². The third-order valence-electron chi connectivity index (χ3n) is 2.62. The lowest BCUT2D eigenvalue weighted by Gasteiger charge is -2.23. The maximum absolute atomic E-state index is 11.3. The lowest BCUT2D eigenvalue weighted by atomic mass is 9.95. The van der Waals surface area contributed by atoms with Crippen LogP contribution in [0.3, 0.4) is 0 Å². The van der Waals surface area contributed by atoms with Gasteiger partial charge in [0.1, 0.15) is 5.75 Å². The van der Waals surface area contributed by atoms with Gasteiger partial charge in [-0.3, -0.25) is 9.59 Å². The second-order valence-corrected chi connectivity index (χ2v) is 4.87. The van der Waals surface area contributed by atoms with Crippen LogP contribution in [0.15, 0.2) is 15.7 Å². The van der Waals surface area contributed by atoms with Crippen molar-refractivity contribution in [1.82, 2.24) is 4.98 Å². The van der Waals surface area contributed by atoms with Gasteiger partial charge in [0.05, 0.1) is 10.8 Å². The molecule has 1 aromatic rings. The van der Waals surface area contributed by atoms with Crippen molar-refractivity contribution in [3.05, 3.63) is 37.9 Å². The van der Waals surface area contributed by atoms with Crippen molar-refractivity contribution in [2.45, 2.75) is 23.6 Å². The summed E-state index contributed by atoms with van der Waals surface area (Å²) in [7, 11) is 0. The molecule has 1 heterocycles. The number of fused-ring (bicyclic) bond motifs is 1. The smallest absolute Gasteiger partial charge is 0.296 e. The SMILES string of the molecule is O=c1cc(O)c2c([nH]c1=O)C[C@@H](Cl)[C@H](Cl)C2. The fraction of sp³-hybridized carbons (Fsp3) is 0.400. The van der Waals surface area contributed by atoms with Crippen LogP contribution in [-0.2, 0) is 12.8 Å². The standard InChI is InChI=1S/C10H9Cl2NO3/c11-5-1-4-7(2-6(5)12)13-10(16)9(15)3-8(4)14/h3,5-6,14H,1-2H2,(H,13,15,16)/t5-,6-/m1/s1. The molecular formula is C10H9Cl2NO3. The highest BCUT2D eigenvalue weighted by atomic mass is 35.5. The van der Waals surface area contributed by atoms with Crippen LogP contribution in [-0.4, -0.2) is 20.8 Å². The molecular weight excluding hydrogens is 253 g/mol. The monoisotopic (exact) mass is 261 g/mol. The van der Waals surface area contributed by atoms with E-state index in [2.05, 4.69) is 4.98 Å². The van der Waals surface area contributed by atoms with E-state index >= 15 is 0 Å². The first-order valence-electron chi connectivity index (χ1n) is 4.75. The molecule has 0 bridgehead atoms. The largest absolute Gasteiger partial charge is 0.507 e. The molecule has 4 nitrogen and oxygen atoms in total. The summed E-state index contributed by atoms with van der Waals surface area (Å²) >= 11 is 11.9. The number of hydrogen-bond acceptors (Lipinski definition) is 3. The zero-order chi connectivity index (χ0) is 11.9. The Labute approximate surface area is 101 Å². The topological polar surface area (TPSA) is 70.2 Å². The summed E-state index contributed by atoms with van der Waals surface area (Å²) in [5.41, 5.74) is -0.546. The van der Waals surface area contributed by atoms with Crippen molar-refractivity contribution in [3.8, 4) is 5.75 Å². The van der Waals surface area contributed by atoms with Crippen molar-refractivity contribution in [2.75, 3.05) is 0 Å². The average molecular weight is 262 g/mol. The molecule has 0 saturated carbocycles. The second kappa shape index (κ2) is 4.11. The average Bonchev–Trinajstić information content (AvgIpc) is 2.30. The molecule has 2 atom stereocenters. The predicted octanol–water partition coefficient (Wildman–Crippen LogP) is 0.754. The van der Waals surface area contributed by atoms with Gasteiger partial charge in [-0.05, 0) is 6.42 Å². The van der Waals surface area contributed by atoms with Gasteiger partial charge in [-0.2, -0.15) is 0 Å². The molecule has 2 N–H and O–H groups in total. The Bertz CT molecular complexity index is 541. The number of H-pyrrole nitrogens is 1. The molecule has 0 fully saturated rings. The van der Waals surface area contributed by atoms with Gasteiger partial charge in [0.2, 0.25) is 5.43 Å². The zero-order valence-electron chi connectivity index (χ0n) is 8.17. The molecule has 0 radical (unpaired) electrons. The third-order valence-corrected chi connectivity index (χ3v) is 3.67. The van der Waals surface area contributed by atoms with Crippen LogP contribution in [0.1, 0.15) is 11.3 Å². The summed E-state index contributed by atoms with van der Waals surface area (Å²) in [4.78, 5) is 24.9. The molecule has 0 aromatic carbocycles. The van der Waals surface area contributed by atoms with E-state index in [0.717, 1.165) is 6.07 Å². The third kappa shape index (κ3) is 1.95. The molecule has 1 aliphatic carbocycles. The molecule has 0 spiro atoms. The Balaban J connectivity index is 2.70. The Kier molecular flexibility index (Phi) is 2.95. The number of aromatic hydroxyl groups is 1. The van der Waals surface area contributed by atoms with Crippen LogP contribution >= 0.6 is 23.2 Å². The van der Waals surface area contributed by atoms with Gasteiger partial charge in [0.25, 0.3) is 5.56 Å². The highest BCUT2D eigenvalue weighted by Crippen LogP contribution is 2.30. The Hall–Kier alpha value is -1.000. The Morgan fingerprint density at radius 3 is 2.56 bits per heavy atom. The fourth-order valence-corrected chi connectivity index (χ4v) is 2.24. The summed E-state index contributed by atoms with van der Waals surface area (Å²) in [6, 6.07) is 0.913. The number of nitrogens with one attached hydrogen (secondary N) is 1. The normalized spacial score (nSPS) is 23.9. The van der Waals surface area contributed by atoms with E-state index in [1.807, 2.05) is 0 Å². The minimum absolute atomic E-state index is 0.201. The maximum Gasteiger partial charge on any atom is 0.296 e. The van der Waals surface area contributed by atoms with Crippen molar-refractivity contribution in [2.24, 2.45) is 0 Å². The molecule has 16 heavy (non-hydrogen) atoms. The number of aromatic nitrogens is 1. The lowest BCUT2D eigenvalue weighted by molar-refractivity contribution is 0.463. The van der Waals surface area contributed by atoms with E-state index in [4.69, 9.17) is 23.2 Å². The minimum atomic E-state index is -0.774. The van der Waals surface area contributed by atoms with Gasteiger partial charge in [-0.1, -0.05) is 0 Å². The predicted molar refractivity (Wildman–Crippen MR) is 61.7 cm³/mol. The van der Waals surface area contributed by atoms with Crippen LogP contribution in [0.2, 0.25) is 0 Å². The molecule has 2 rings (SSSR count). The van der Waals surface area contributed by atoms with Crippen LogP contribution in [0.5, 0.6) is 5.75 Å². The van der Waals surface area contributed by atoms with Crippen molar-refractivity contribution in [1.29, 1.82) is 0 Å². The molecule has 0 amide bonds. The first kappa shape index (κ1) is 11.5. The molecule has 1 aliphatic rings. The number of alkyl halides is 2. The van der Waals surface area contributed by atoms with Gasteiger partial charge >= 0.3 is 0 Å². The first-order chi connectivity index (χ1) is 7.49. The van der Waals surface area contributed by atoms with Crippen LogP contribution in [0.25, 0.3) is 0 Å². The summed E-state index contributed by atoms with van der Waals surface area (Å²) in [5.74, 6) is -0.201. The quantitative estimate of drug-likeness (QED) is 0.535. The minimum Gasteiger partial charge on any atom is -0.507 e. The van der Waals surface area contributed by atoms with Crippen LogP contribution in [0.4, 0.5) is 0 Å². The highest BCUT2D eigenvalue weighted by molar-refractivity contribution is 6.30. The summed E-state index contributed by atoms with van der Waals surface area (Å²) in [5, 5.41) is 9.03. The number of hydrogen-bond donors (Lipinski definition) is 2. The van der Waals surface area contributed by atoms with Crippen molar-refractivity contribution >= 4 is 23.2 Å².